The van der Waals surface area contributed by atoms with Gasteiger partial charge in [-0.05, 0) is 30.5 Å². The number of aromatic amines is 1. The van der Waals surface area contributed by atoms with Gasteiger partial charge in [0.1, 0.15) is 18.4 Å². The van der Waals surface area contributed by atoms with Gasteiger partial charge >= 0.3 is 5.97 Å². The quantitative estimate of drug-likeness (QED) is 0.571. The van der Waals surface area contributed by atoms with E-state index in [1.54, 1.807) is 16.6 Å². The van der Waals surface area contributed by atoms with E-state index < -0.39 is 23.9 Å². The second kappa shape index (κ2) is 8.70. The fraction of sp³-hybridized carbons (Fsp3) is 0.176. The molecule has 2 heterocycles. The van der Waals surface area contributed by atoms with Crippen LogP contribution in [0.5, 0.6) is 0 Å². The summed E-state index contributed by atoms with van der Waals surface area (Å²) in [6, 6.07) is 8.76. The third-order valence-corrected chi connectivity index (χ3v) is 4.10. The molecule has 0 aliphatic rings. The highest BCUT2D eigenvalue weighted by atomic mass is 35.5. The van der Waals surface area contributed by atoms with Crippen molar-refractivity contribution in [1.82, 2.24) is 19.9 Å². The first-order chi connectivity index (χ1) is 12.5. The molecule has 0 unspecified atom stereocenters. The highest BCUT2D eigenvalue weighted by Crippen LogP contribution is 2.13. The predicted octanol–water partition coefficient (Wildman–Crippen LogP) is 1.70. The lowest BCUT2D eigenvalue weighted by Crippen LogP contribution is -2.33. The smallest absolute Gasteiger partial charge is 0.322 e. The zero-order chi connectivity index (χ0) is 18.7. The molecule has 1 aromatic carbocycles. The highest BCUT2D eigenvalue weighted by Gasteiger charge is 2.19. The lowest BCUT2D eigenvalue weighted by molar-refractivity contribution is -0.135. The summed E-state index contributed by atoms with van der Waals surface area (Å²) in [4.78, 5) is 39.2. The van der Waals surface area contributed by atoms with Crippen LogP contribution >= 0.6 is 24.0 Å². The van der Waals surface area contributed by atoms with Crippen molar-refractivity contribution in [3.05, 3.63) is 68.7 Å². The predicted molar refractivity (Wildman–Crippen MR) is 102 cm³/mol. The van der Waals surface area contributed by atoms with Crippen LogP contribution < -0.4 is 10.7 Å². The number of nitrogens with one attached hydrogen (secondary N) is 2. The summed E-state index contributed by atoms with van der Waals surface area (Å²) >= 11 is 5.87. The van der Waals surface area contributed by atoms with Gasteiger partial charge in [0.2, 0.25) is 0 Å². The molecule has 0 aliphatic heterocycles. The molecule has 10 heteroatoms. The summed E-state index contributed by atoms with van der Waals surface area (Å²) in [6.45, 7) is -0.576. The number of H-pyrrole nitrogens is 1. The van der Waals surface area contributed by atoms with Crippen LogP contribution in [0.1, 0.15) is 21.6 Å². The number of halogens is 2. The number of rotatable bonds is 6. The minimum Gasteiger partial charge on any atom is -0.480 e. The van der Waals surface area contributed by atoms with Crippen LogP contribution in [0.4, 0.5) is 0 Å². The molecule has 0 fully saturated rings. The molecule has 0 saturated heterocycles. The molecule has 2 aromatic heterocycles. The van der Waals surface area contributed by atoms with E-state index in [0.717, 1.165) is 5.56 Å². The second-order valence-electron chi connectivity index (χ2n) is 5.62. The van der Waals surface area contributed by atoms with Gasteiger partial charge in [-0.1, -0.05) is 23.7 Å². The minimum absolute atomic E-state index is 0. The SMILES string of the molecule is Cl.O=C(O)CNC(=O)c1c(=O)cc(CCc2ccc(Cl)cc2)n2[nH]cnc12. The number of hydrogen-bond acceptors (Lipinski definition) is 4. The minimum atomic E-state index is -1.20. The molecule has 0 saturated carbocycles. The van der Waals surface area contributed by atoms with Crippen LogP contribution in [-0.2, 0) is 17.6 Å². The Balaban J connectivity index is 0.00000261. The van der Waals surface area contributed by atoms with Crippen LogP contribution in [0, 0.1) is 0 Å². The third kappa shape index (κ3) is 4.66. The van der Waals surface area contributed by atoms with E-state index in [1.165, 1.54) is 12.4 Å². The van der Waals surface area contributed by atoms with Crippen LogP contribution in [0.2, 0.25) is 5.02 Å². The van der Waals surface area contributed by atoms with E-state index in [-0.39, 0.29) is 23.6 Å². The molecule has 0 bridgehead atoms. The summed E-state index contributed by atoms with van der Waals surface area (Å²) in [5, 5.41) is 14.4. The maximum absolute atomic E-state index is 12.4. The zero-order valence-electron chi connectivity index (χ0n) is 13.9. The average molecular weight is 411 g/mol. The lowest BCUT2D eigenvalue weighted by Gasteiger charge is -2.08. The van der Waals surface area contributed by atoms with Gasteiger partial charge in [-0.15, -0.1) is 12.4 Å². The third-order valence-electron chi connectivity index (χ3n) is 3.85. The molecular formula is C17H16Cl2N4O4. The van der Waals surface area contributed by atoms with E-state index in [0.29, 0.717) is 23.6 Å². The number of nitrogens with zero attached hydrogens (tertiary/aromatic N) is 2. The van der Waals surface area contributed by atoms with Gasteiger partial charge in [0, 0.05) is 16.8 Å². The topological polar surface area (TPSA) is 117 Å². The normalized spacial score (nSPS) is 10.4. The van der Waals surface area contributed by atoms with E-state index in [2.05, 4.69) is 15.4 Å². The number of carboxylic acid groups (broad SMARTS) is 1. The Morgan fingerprint density at radius 3 is 2.59 bits per heavy atom. The molecule has 1 amide bonds. The molecule has 142 valence electrons. The number of aliphatic carboxylic acids is 1. The van der Waals surface area contributed by atoms with Gasteiger partial charge < -0.3 is 10.4 Å². The van der Waals surface area contributed by atoms with Crippen LogP contribution in [-0.4, -0.2) is 38.1 Å². The van der Waals surface area contributed by atoms with Gasteiger partial charge in [-0.3, -0.25) is 19.5 Å². The van der Waals surface area contributed by atoms with E-state index in [1.807, 2.05) is 12.1 Å². The van der Waals surface area contributed by atoms with Crippen LogP contribution in [0.3, 0.4) is 0 Å². The van der Waals surface area contributed by atoms with Crippen LogP contribution in [0.15, 0.2) is 41.5 Å². The van der Waals surface area contributed by atoms with Crippen molar-refractivity contribution in [2.24, 2.45) is 0 Å². The van der Waals surface area contributed by atoms with Crippen molar-refractivity contribution in [2.75, 3.05) is 6.54 Å². The van der Waals surface area contributed by atoms with Gasteiger partial charge in [0.05, 0.1) is 0 Å². The Morgan fingerprint density at radius 2 is 1.93 bits per heavy atom. The number of hydrogen-bond donors (Lipinski definition) is 3. The Bertz CT molecular complexity index is 1030. The lowest BCUT2D eigenvalue weighted by atomic mass is 10.1. The molecule has 0 aliphatic carbocycles. The van der Waals surface area contributed by atoms with Gasteiger partial charge in [0.15, 0.2) is 11.1 Å². The number of amides is 1. The van der Waals surface area contributed by atoms with Crippen molar-refractivity contribution in [2.45, 2.75) is 12.8 Å². The van der Waals surface area contributed by atoms with Gasteiger partial charge in [-0.2, -0.15) is 0 Å². The number of aryl methyl sites for hydroxylation is 2. The second-order valence-corrected chi connectivity index (χ2v) is 6.06. The maximum Gasteiger partial charge on any atom is 0.322 e. The monoisotopic (exact) mass is 410 g/mol. The zero-order valence-corrected chi connectivity index (χ0v) is 15.5. The van der Waals surface area contributed by atoms with Crippen molar-refractivity contribution >= 4 is 41.5 Å². The summed E-state index contributed by atoms with van der Waals surface area (Å²) in [5.74, 6) is -1.97. The molecule has 3 N–H and O–H groups in total. The molecule has 8 nitrogen and oxygen atoms in total. The molecule has 0 spiro atoms. The number of fused-ring (bicyclic) bond motifs is 1. The number of carbonyl (C=O) groups excluding carboxylic acids is 1. The summed E-state index contributed by atoms with van der Waals surface area (Å²) < 4.78 is 1.55. The van der Waals surface area contributed by atoms with E-state index in [9.17, 15) is 14.4 Å². The molecule has 3 rings (SSSR count). The summed E-state index contributed by atoms with van der Waals surface area (Å²) in [6.07, 6.45) is 2.58. The number of aromatic nitrogens is 3. The Labute approximate surface area is 164 Å². The number of carbonyl (C=O) groups is 2. The molecule has 0 atom stereocenters. The molecule has 0 radical (unpaired) electrons. The average Bonchev–Trinajstić information content (AvgIpc) is 3.08. The summed E-state index contributed by atoms with van der Waals surface area (Å²) in [5.41, 5.74) is 1.17. The van der Waals surface area contributed by atoms with E-state index in [4.69, 9.17) is 16.7 Å². The standard InChI is InChI=1S/C17H15ClN4O4.ClH/c18-11-4-1-10(2-5-11)3-6-12-7-13(23)15(16-20-9-21-22(12)16)17(26)19-8-14(24)25;/h1-2,4-5,7,9H,3,6,8H2,(H,19,26)(H,20,21)(H,24,25);1H. The Morgan fingerprint density at radius 1 is 1.22 bits per heavy atom. The molecule has 3 aromatic rings. The first-order valence-electron chi connectivity index (χ1n) is 7.78. The first-order valence-corrected chi connectivity index (χ1v) is 8.16. The number of carboxylic acids is 1. The van der Waals surface area contributed by atoms with E-state index >= 15 is 0 Å². The fourth-order valence-electron chi connectivity index (χ4n) is 2.63. The van der Waals surface area contributed by atoms with Gasteiger partial charge in [-0.25, -0.2) is 9.50 Å². The first kappa shape index (κ1) is 20.5. The number of benzene rings is 1. The fourth-order valence-corrected chi connectivity index (χ4v) is 2.75. The largest absolute Gasteiger partial charge is 0.480 e. The summed E-state index contributed by atoms with van der Waals surface area (Å²) in [7, 11) is 0. The Kier molecular flexibility index (Phi) is 6.59. The van der Waals surface area contributed by atoms with Crippen molar-refractivity contribution in [3.63, 3.8) is 0 Å². The Hall–Kier alpha value is -2.84. The van der Waals surface area contributed by atoms with Crippen LogP contribution in [0.25, 0.3) is 5.65 Å². The van der Waals surface area contributed by atoms with Crippen molar-refractivity contribution < 1.29 is 14.7 Å². The van der Waals surface area contributed by atoms with Crippen molar-refractivity contribution in [3.8, 4) is 0 Å². The highest BCUT2D eigenvalue weighted by molar-refractivity contribution is 6.30. The number of pyridine rings is 1. The molecule has 27 heavy (non-hydrogen) atoms. The van der Waals surface area contributed by atoms with Crippen molar-refractivity contribution in [1.29, 1.82) is 0 Å². The molecular weight excluding hydrogens is 395 g/mol. The van der Waals surface area contributed by atoms with Gasteiger partial charge in [0.25, 0.3) is 5.91 Å². The maximum atomic E-state index is 12.4.